The van der Waals surface area contributed by atoms with E-state index in [0.717, 1.165) is 34.2 Å². The molecule has 0 heterocycles. The van der Waals surface area contributed by atoms with Crippen molar-refractivity contribution in [3.8, 4) is 6.07 Å². The second-order valence-corrected chi connectivity index (χ2v) is 12.3. The molecule has 1 unspecified atom stereocenters. The van der Waals surface area contributed by atoms with Gasteiger partial charge >= 0.3 is 0 Å². The van der Waals surface area contributed by atoms with Crippen molar-refractivity contribution in [1.82, 2.24) is 0 Å². The van der Waals surface area contributed by atoms with Gasteiger partial charge < -0.3 is 4.79 Å². The van der Waals surface area contributed by atoms with Crippen LogP contribution in [0.2, 0.25) is 0 Å². The summed E-state index contributed by atoms with van der Waals surface area (Å²) in [5.41, 5.74) is 7.20. The van der Waals surface area contributed by atoms with E-state index >= 15 is 0 Å². The van der Waals surface area contributed by atoms with Crippen LogP contribution in [0.4, 0.5) is 11.4 Å². The Labute approximate surface area is 302 Å². The van der Waals surface area contributed by atoms with Gasteiger partial charge in [-0.25, -0.2) is 4.85 Å². The summed E-state index contributed by atoms with van der Waals surface area (Å²) in [5.74, 6) is -0.618. The minimum absolute atomic E-state index is 0.0324. The molecule has 0 amide bonds. The molecule has 2 aliphatic rings. The van der Waals surface area contributed by atoms with Crippen LogP contribution in [-0.2, 0) is 15.0 Å². The summed E-state index contributed by atoms with van der Waals surface area (Å²) in [4.78, 5) is 28.7. The zero-order chi connectivity index (χ0) is 36.5. The van der Waals surface area contributed by atoms with Gasteiger partial charge in [-0.15, -0.1) is 0 Å². The van der Waals surface area contributed by atoms with Crippen molar-refractivity contribution in [2.24, 2.45) is 20.5 Å². The molecule has 6 rings (SSSR count). The Hall–Kier alpha value is -7.16. The molecule has 0 aromatic heterocycles. The maximum Gasteiger partial charge on any atom is 0.235 e. The highest BCUT2D eigenvalue weighted by atomic mass is 16.1. The number of azo groups is 2. The molecule has 0 fully saturated rings. The summed E-state index contributed by atoms with van der Waals surface area (Å²) in [6, 6.07) is 36.9. The Kier molecular flexibility index (Phi) is 10.4. The van der Waals surface area contributed by atoms with Crippen molar-refractivity contribution in [3.05, 3.63) is 202 Å². The lowest BCUT2D eigenvalue weighted by Gasteiger charge is -2.30. The molecule has 4 aromatic carbocycles. The molecule has 2 aliphatic carbocycles. The molecular formula is C44H32N6O2. The van der Waals surface area contributed by atoms with E-state index in [9.17, 15) is 14.9 Å². The lowest BCUT2D eigenvalue weighted by atomic mass is 9.74. The molecule has 52 heavy (non-hydrogen) atoms. The van der Waals surface area contributed by atoms with Crippen LogP contribution in [0.5, 0.6) is 0 Å². The molecule has 4 aromatic rings. The van der Waals surface area contributed by atoms with Crippen LogP contribution in [0, 0.1) is 17.9 Å². The summed E-state index contributed by atoms with van der Waals surface area (Å²) in [6.07, 6.45) is 10.4. The van der Waals surface area contributed by atoms with Gasteiger partial charge in [0.1, 0.15) is 6.07 Å². The first-order valence-corrected chi connectivity index (χ1v) is 16.6. The average molecular weight is 677 g/mol. The zero-order valence-corrected chi connectivity index (χ0v) is 28.6. The van der Waals surface area contributed by atoms with E-state index in [4.69, 9.17) is 6.57 Å². The van der Waals surface area contributed by atoms with Gasteiger partial charge in [0.05, 0.1) is 35.9 Å². The predicted octanol–water partition coefficient (Wildman–Crippen LogP) is 10.9. The molecule has 8 nitrogen and oxygen atoms in total. The number of ketones is 2. The third-order valence-corrected chi connectivity index (χ3v) is 9.09. The highest BCUT2D eigenvalue weighted by Crippen LogP contribution is 2.37. The first kappa shape index (κ1) is 34.7. The van der Waals surface area contributed by atoms with Crippen LogP contribution in [0.3, 0.4) is 0 Å². The van der Waals surface area contributed by atoms with Gasteiger partial charge in [-0.2, -0.15) is 25.7 Å². The Balaban J connectivity index is 1.18. The number of allylic oxidation sites excluding steroid dienone is 9. The van der Waals surface area contributed by atoms with Gasteiger partial charge in [0.2, 0.25) is 11.5 Å². The van der Waals surface area contributed by atoms with E-state index in [1.54, 1.807) is 6.20 Å². The van der Waals surface area contributed by atoms with Crippen LogP contribution >= 0.6 is 0 Å². The van der Waals surface area contributed by atoms with E-state index < -0.39 is 5.78 Å². The second-order valence-electron chi connectivity index (χ2n) is 12.3. The molecular weight excluding hydrogens is 645 g/mol. The number of carbonyl (C=O) groups is 2. The van der Waals surface area contributed by atoms with Crippen LogP contribution in [0.25, 0.3) is 16.0 Å². The monoisotopic (exact) mass is 676 g/mol. The van der Waals surface area contributed by atoms with Crippen LogP contribution in [0.1, 0.15) is 42.5 Å². The number of nitrogens with zero attached hydrogens (tertiary/aromatic N) is 6. The molecule has 0 radical (unpaired) electrons. The standard InChI is InChI=1S/C44H32N6O2/c1-4-44(2,35-15-19-37(20-16-35)49-47-28-30-23-34(27-45)42(51)41(26-30)46-3)36-17-21-38(22-18-36)50-48-29-31-24-39(32-11-7-5-8-12-32)43(52)40(25-31)33-13-9-6-10-14-33/h5-26,28-29H,4H2,1-2H3/b30-28-,49-47?,50-48?. The quantitative estimate of drug-likeness (QED) is 0.130. The Bertz CT molecular complexity index is 2270. The third-order valence-electron chi connectivity index (χ3n) is 9.09. The minimum atomic E-state index is -0.585. The normalized spacial score (nSPS) is 16.5. The van der Waals surface area contributed by atoms with Crippen LogP contribution in [-0.4, -0.2) is 11.6 Å². The fourth-order valence-corrected chi connectivity index (χ4v) is 5.96. The van der Waals surface area contributed by atoms with Crippen molar-refractivity contribution < 1.29 is 9.59 Å². The van der Waals surface area contributed by atoms with Crippen molar-refractivity contribution in [1.29, 1.82) is 5.26 Å². The maximum absolute atomic E-state index is 13.5. The molecule has 0 aliphatic heterocycles. The van der Waals surface area contributed by atoms with Gasteiger partial charge in [-0.3, -0.25) is 4.79 Å². The molecule has 0 saturated carbocycles. The van der Waals surface area contributed by atoms with Crippen molar-refractivity contribution in [2.45, 2.75) is 25.7 Å². The first-order valence-electron chi connectivity index (χ1n) is 16.6. The molecule has 0 bridgehead atoms. The highest BCUT2D eigenvalue weighted by Gasteiger charge is 2.27. The fraction of sp³-hybridized carbons (Fsp3) is 0.0909. The van der Waals surface area contributed by atoms with Crippen LogP contribution < -0.4 is 0 Å². The maximum atomic E-state index is 13.5. The van der Waals surface area contributed by atoms with E-state index in [1.807, 2.05) is 115 Å². The summed E-state index contributed by atoms with van der Waals surface area (Å²) >= 11 is 0. The SMILES string of the molecule is [C-]#[N+]C1=C/C(=C\N=Nc2ccc(C(C)(CC)c3ccc(N=NC=C4C=C(c5ccccc5)C(=O)C(c5ccccc5)=C4)cc3)cc2)C=C(C#N)C1=O. The molecule has 0 N–H and O–H groups in total. The van der Waals surface area contributed by atoms with E-state index in [0.29, 0.717) is 28.1 Å². The van der Waals surface area contributed by atoms with Crippen molar-refractivity contribution >= 4 is 34.1 Å². The number of Topliss-reactive ketones (excluding diaryl/α,β-unsaturated/α-hetero) is 2. The van der Waals surface area contributed by atoms with Gasteiger partial charge in [0.25, 0.3) is 0 Å². The van der Waals surface area contributed by atoms with Gasteiger partial charge in [-0.05, 0) is 88.4 Å². The number of rotatable bonds is 9. The topological polar surface area (TPSA) is 112 Å². The number of hydrogen-bond acceptors (Lipinski definition) is 7. The molecule has 0 spiro atoms. The second kappa shape index (κ2) is 15.6. The Morgan fingerprint density at radius 3 is 1.56 bits per heavy atom. The summed E-state index contributed by atoms with van der Waals surface area (Å²) in [5, 5.41) is 26.4. The van der Waals surface area contributed by atoms with Crippen molar-refractivity contribution in [2.75, 3.05) is 0 Å². The number of carbonyl (C=O) groups excluding carboxylic acids is 2. The first-order chi connectivity index (χ1) is 25.3. The predicted molar refractivity (Wildman–Crippen MR) is 202 cm³/mol. The van der Waals surface area contributed by atoms with Gasteiger partial charge in [0, 0.05) is 16.6 Å². The van der Waals surface area contributed by atoms with E-state index in [2.05, 4.69) is 51.3 Å². The average Bonchev–Trinajstić information content (AvgIpc) is 3.19. The zero-order valence-electron chi connectivity index (χ0n) is 28.6. The van der Waals surface area contributed by atoms with E-state index in [-0.39, 0.29) is 22.5 Å². The molecule has 250 valence electrons. The summed E-state index contributed by atoms with van der Waals surface area (Å²) in [6.45, 7) is 11.5. The largest absolute Gasteiger partial charge is 0.302 e. The fourth-order valence-electron chi connectivity index (χ4n) is 5.96. The van der Waals surface area contributed by atoms with Crippen molar-refractivity contribution in [3.63, 3.8) is 0 Å². The van der Waals surface area contributed by atoms with E-state index in [1.165, 1.54) is 18.4 Å². The smallest absolute Gasteiger partial charge is 0.235 e. The Morgan fingerprint density at radius 1 is 0.673 bits per heavy atom. The number of nitriles is 1. The summed E-state index contributed by atoms with van der Waals surface area (Å²) < 4.78 is 0. The van der Waals surface area contributed by atoms with Gasteiger partial charge in [-0.1, -0.05) is 98.8 Å². The minimum Gasteiger partial charge on any atom is -0.302 e. The lowest BCUT2D eigenvalue weighted by molar-refractivity contribution is -0.111. The van der Waals surface area contributed by atoms with Crippen LogP contribution in [0.15, 0.2) is 189 Å². The highest BCUT2D eigenvalue weighted by molar-refractivity contribution is 6.43. The summed E-state index contributed by atoms with van der Waals surface area (Å²) in [7, 11) is 0. The molecule has 0 saturated heterocycles. The number of hydrogen-bond donors (Lipinski definition) is 0. The molecule has 8 heteroatoms. The third kappa shape index (κ3) is 7.52. The Morgan fingerprint density at radius 2 is 1.13 bits per heavy atom. The lowest BCUT2D eigenvalue weighted by Crippen LogP contribution is -2.22. The molecule has 1 atom stereocenters. The van der Waals surface area contributed by atoms with Gasteiger partial charge in [0.15, 0.2) is 5.78 Å². The number of benzene rings is 4.